The molecule has 0 saturated carbocycles. The largest absolute Gasteiger partial charge is 0.360 e. The summed E-state index contributed by atoms with van der Waals surface area (Å²) in [6.45, 7) is 27.2. The molecule has 9 rings (SSSR count). The molecule has 0 fully saturated rings. The average Bonchev–Trinajstić information content (AvgIpc) is 4.08. The van der Waals surface area contributed by atoms with Gasteiger partial charge < -0.3 is 9.97 Å². The van der Waals surface area contributed by atoms with Crippen LogP contribution in [0, 0.1) is 0 Å². The van der Waals surface area contributed by atoms with E-state index in [4.69, 9.17) is 9.98 Å². The smallest absolute Gasteiger partial charge is 0.0737 e. The van der Waals surface area contributed by atoms with Crippen LogP contribution in [-0.2, 0) is 21.7 Å². The van der Waals surface area contributed by atoms with Gasteiger partial charge in [-0.2, -0.15) is 0 Å². The van der Waals surface area contributed by atoms with Crippen LogP contribution in [0.3, 0.4) is 0 Å². The number of allylic oxidation sites excluding steroid dienone is 4. The molecule has 322 valence electrons. The van der Waals surface area contributed by atoms with Gasteiger partial charge in [0.25, 0.3) is 0 Å². The monoisotopic (exact) mass is 838 g/mol. The van der Waals surface area contributed by atoms with Crippen molar-refractivity contribution in [2.75, 3.05) is 0 Å². The minimum absolute atomic E-state index is 0.0290. The number of hydrogen-bond donors (Lipinski definition) is 2. The van der Waals surface area contributed by atoms with Crippen LogP contribution >= 0.6 is 0 Å². The minimum Gasteiger partial charge on any atom is -0.360 e. The molecule has 0 unspecified atom stereocenters. The molecule has 5 heterocycles. The molecule has 0 atom stereocenters. The summed E-state index contributed by atoms with van der Waals surface area (Å²) in [5.41, 5.74) is 19.6. The van der Waals surface area contributed by atoms with Crippen molar-refractivity contribution in [2.45, 2.75) is 105 Å². The van der Waals surface area contributed by atoms with Gasteiger partial charge >= 0.3 is 0 Å². The zero-order valence-electron chi connectivity index (χ0n) is 39.8. The second-order valence-electron chi connectivity index (χ2n) is 21.8. The van der Waals surface area contributed by atoms with Crippen molar-refractivity contribution in [1.82, 2.24) is 9.97 Å². The molecule has 0 saturated heterocycles. The maximum Gasteiger partial charge on any atom is 0.0737 e. The van der Waals surface area contributed by atoms with Crippen molar-refractivity contribution in [3.63, 3.8) is 0 Å². The molecule has 3 aliphatic rings. The molecule has 4 aromatic carbocycles. The van der Waals surface area contributed by atoms with E-state index in [0.29, 0.717) is 0 Å². The fraction of sp³-hybridized carbons (Fsp3) is 0.267. The third-order valence-electron chi connectivity index (χ3n) is 12.9. The van der Waals surface area contributed by atoms with Crippen LogP contribution in [0.2, 0.25) is 0 Å². The van der Waals surface area contributed by atoms with Crippen molar-refractivity contribution in [3.05, 3.63) is 224 Å². The van der Waals surface area contributed by atoms with Crippen molar-refractivity contribution in [1.29, 1.82) is 0 Å². The first-order valence-corrected chi connectivity index (χ1v) is 22.8. The molecule has 8 bridgehead atoms. The van der Waals surface area contributed by atoms with Crippen LogP contribution in [0.25, 0.3) is 22.3 Å². The predicted molar refractivity (Wildman–Crippen MR) is 272 cm³/mol. The third kappa shape index (κ3) is 8.23. The molecule has 64 heavy (non-hydrogen) atoms. The van der Waals surface area contributed by atoms with Gasteiger partial charge in [0.1, 0.15) is 0 Å². The summed E-state index contributed by atoms with van der Waals surface area (Å²) in [6, 6.07) is 42.9. The van der Waals surface area contributed by atoms with Gasteiger partial charge in [-0.05, 0) is 109 Å². The summed E-state index contributed by atoms with van der Waals surface area (Å²) in [5, 5.41) is 1.99. The van der Waals surface area contributed by atoms with Gasteiger partial charge in [-0.25, -0.2) is 9.98 Å². The van der Waals surface area contributed by atoms with E-state index in [1.807, 2.05) is 0 Å². The standard InChI is InChI=1S/C60H62N4/c1-57(2,3)42-21-13-37(14-22-42)53-41-35-52(61-36-41)56(40-19-27-45(28-20-40)60(10,11)12)51-34-33-50(64-51)55(39-17-25-44(26-18-39)59(7,8)9)49-32-31-48(63-49)54(47-30-29-46(53)62-47)38-15-23-43(24-16-38)58(4,5)6/h13-36,61,63H,1-12H3. The Hall–Kier alpha value is -6.52. The number of aromatic amines is 2. The van der Waals surface area contributed by atoms with Crippen LogP contribution in [0.15, 0.2) is 167 Å². The van der Waals surface area contributed by atoms with Gasteiger partial charge in [-0.1, -0.05) is 180 Å². The van der Waals surface area contributed by atoms with E-state index in [1.165, 1.54) is 22.3 Å². The Labute approximate surface area is 380 Å². The topological polar surface area (TPSA) is 56.3 Å². The number of benzene rings is 4. The minimum atomic E-state index is 0.0290. The molecule has 2 N–H and O–H groups in total. The summed E-state index contributed by atoms with van der Waals surface area (Å²) in [6.07, 6.45) is 10.9. The van der Waals surface area contributed by atoms with Crippen LogP contribution in [-0.4, -0.2) is 21.4 Å². The fourth-order valence-electron chi connectivity index (χ4n) is 8.99. The van der Waals surface area contributed by atoms with Crippen LogP contribution in [0.5, 0.6) is 0 Å². The lowest BCUT2D eigenvalue weighted by Gasteiger charge is -2.20. The van der Waals surface area contributed by atoms with Gasteiger partial charge in [0.15, 0.2) is 0 Å². The normalized spacial score (nSPS) is 15.7. The number of hydrogen-bond acceptors (Lipinski definition) is 2. The first-order valence-electron chi connectivity index (χ1n) is 22.8. The Morgan fingerprint density at radius 3 is 1.03 bits per heavy atom. The molecule has 0 spiro atoms. The molecule has 6 aromatic rings. The lowest BCUT2D eigenvalue weighted by atomic mass is 9.85. The first kappa shape index (κ1) is 42.8. The highest BCUT2D eigenvalue weighted by atomic mass is 14.8. The highest BCUT2D eigenvalue weighted by Gasteiger charge is 2.26. The Morgan fingerprint density at radius 1 is 0.344 bits per heavy atom. The van der Waals surface area contributed by atoms with Crippen LogP contribution in [0.4, 0.5) is 0 Å². The van der Waals surface area contributed by atoms with E-state index < -0.39 is 0 Å². The molecule has 0 aliphatic carbocycles. The van der Waals surface area contributed by atoms with E-state index in [-0.39, 0.29) is 21.7 Å². The number of rotatable bonds is 4. The van der Waals surface area contributed by atoms with Crippen LogP contribution < -0.4 is 10.7 Å². The number of aromatic nitrogens is 2. The zero-order valence-corrected chi connectivity index (χ0v) is 39.8. The van der Waals surface area contributed by atoms with Crippen molar-refractivity contribution in [3.8, 4) is 0 Å². The summed E-state index contributed by atoms with van der Waals surface area (Å²) in [7, 11) is 0. The third-order valence-corrected chi connectivity index (χ3v) is 12.9. The summed E-state index contributed by atoms with van der Waals surface area (Å²) in [5.74, 6) is 0. The first-order chi connectivity index (χ1) is 30.2. The quantitative estimate of drug-likeness (QED) is 0.178. The van der Waals surface area contributed by atoms with Crippen LogP contribution in [0.1, 0.15) is 139 Å². The van der Waals surface area contributed by atoms with E-state index in [2.05, 4.69) is 239 Å². The number of aliphatic imine (C=N–C) groups is 2. The SMILES string of the molecule is CC(C)(C)c1ccc(C2=C3C=CC(=N3)C(c3ccc(C(C)(C)C)cc3)=c3ccc([nH]3)=C(c3ccc(C(C)(C)C)cc3)C3=NC(=C(c4ccc(C(C)(C)C)cc4)c4cc2c[nH]4)C=C3)cc1. The Bertz CT molecular complexity index is 2890. The molecule has 0 amide bonds. The Balaban J connectivity index is 1.37. The summed E-state index contributed by atoms with van der Waals surface area (Å²) >= 11 is 0. The van der Waals surface area contributed by atoms with E-state index in [0.717, 1.165) is 89.3 Å². The number of fused-ring (bicyclic) bond motifs is 6. The predicted octanol–water partition coefficient (Wildman–Crippen LogP) is 13.2. The number of nitrogens with zero attached hydrogens (tertiary/aromatic N) is 2. The highest BCUT2D eigenvalue weighted by Crippen LogP contribution is 2.38. The second-order valence-corrected chi connectivity index (χ2v) is 21.8. The van der Waals surface area contributed by atoms with E-state index in [9.17, 15) is 0 Å². The van der Waals surface area contributed by atoms with E-state index >= 15 is 0 Å². The molecular weight excluding hydrogens is 777 g/mol. The molecule has 4 nitrogen and oxygen atoms in total. The van der Waals surface area contributed by atoms with Gasteiger partial charge in [0.05, 0.1) is 22.8 Å². The van der Waals surface area contributed by atoms with Gasteiger partial charge in [-0.3, -0.25) is 0 Å². The fourth-order valence-corrected chi connectivity index (χ4v) is 8.99. The maximum absolute atomic E-state index is 5.56. The molecular formula is C60H62N4. The lowest BCUT2D eigenvalue weighted by molar-refractivity contribution is 0.590. The molecule has 3 aliphatic heterocycles. The number of H-pyrrole nitrogens is 2. The van der Waals surface area contributed by atoms with Crippen molar-refractivity contribution in [2.24, 2.45) is 9.98 Å². The Kier molecular flexibility index (Phi) is 10.4. The van der Waals surface area contributed by atoms with E-state index in [1.54, 1.807) is 0 Å². The van der Waals surface area contributed by atoms with Crippen molar-refractivity contribution < 1.29 is 0 Å². The highest BCUT2D eigenvalue weighted by molar-refractivity contribution is 6.31. The van der Waals surface area contributed by atoms with Gasteiger partial charge in [0, 0.05) is 50.4 Å². The van der Waals surface area contributed by atoms with Gasteiger partial charge in [-0.15, -0.1) is 0 Å². The molecule has 0 radical (unpaired) electrons. The maximum atomic E-state index is 5.56. The van der Waals surface area contributed by atoms with Gasteiger partial charge in [0.2, 0.25) is 0 Å². The number of nitrogens with one attached hydrogen (secondary N) is 2. The summed E-state index contributed by atoms with van der Waals surface area (Å²) in [4.78, 5) is 18.8. The summed E-state index contributed by atoms with van der Waals surface area (Å²) < 4.78 is 0. The second kappa shape index (κ2) is 15.6. The lowest BCUT2D eigenvalue weighted by Crippen LogP contribution is -2.21. The zero-order chi connectivity index (χ0) is 45.3. The Morgan fingerprint density at radius 2 is 0.672 bits per heavy atom. The average molecular weight is 839 g/mol. The molecule has 4 heteroatoms. The van der Waals surface area contributed by atoms with Crippen molar-refractivity contribution >= 4 is 33.7 Å². The molecule has 2 aromatic heterocycles.